The summed E-state index contributed by atoms with van der Waals surface area (Å²) in [5, 5.41) is 8.78. The zero-order valence-corrected chi connectivity index (χ0v) is 29.9. The van der Waals surface area contributed by atoms with E-state index < -0.39 is 0 Å². The van der Waals surface area contributed by atoms with Crippen LogP contribution < -0.4 is 0 Å². The number of hydrogen-bond donors (Lipinski definition) is 0. The first-order valence-electron chi connectivity index (χ1n) is 17.9. The molecular weight excluding hydrogens is 686 g/mol. The van der Waals surface area contributed by atoms with Gasteiger partial charge in [0.15, 0.2) is 0 Å². The molecule has 0 spiro atoms. The van der Waals surface area contributed by atoms with Crippen molar-refractivity contribution in [2.75, 3.05) is 0 Å². The van der Waals surface area contributed by atoms with E-state index in [4.69, 9.17) is 0 Å². The molecule has 7 aromatic carbocycles. The number of aryl methyl sites for hydroxylation is 4. The highest BCUT2D eigenvalue weighted by atomic mass is 79.9. The minimum absolute atomic E-state index is 0.852. The number of halogens is 1. The van der Waals surface area contributed by atoms with Crippen molar-refractivity contribution in [2.24, 2.45) is 0 Å². The lowest BCUT2D eigenvalue weighted by Crippen LogP contribution is -2.01. The van der Waals surface area contributed by atoms with Gasteiger partial charge in [0.2, 0.25) is 0 Å². The molecule has 0 saturated heterocycles. The van der Waals surface area contributed by atoms with Crippen molar-refractivity contribution in [3.8, 4) is 5.69 Å². The third-order valence-electron chi connectivity index (χ3n) is 10.9. The molecule has 10 aromatic rings. The van der Waals surface area contributed by atoms with Crippen molar-refractivity contribution in [3.63, 3.8) is 0 Å². The van der Waals surface area contributed by atoms with Crippen molar-refractivity contribution in [1.29, 1.82) is 0 Å². The molecule has 0 aliphatic carbocycles. The molecule has 0 fully saturated rings. The van der Waals surface area contributed by atoms with Crippen LogP contribution in [0.1, 0.15) is 16.7 Å². The molecule has 0 unspecified atom stereocenters. The average Bonchev–Trinajstić information content (AvgIpc) is 3.81. The van der Waals surface area contributed by atoms with Crippen LogP contribution in [-0.2, 0) is 31.3 Å². The summed E-state index contributed by atoms with van der Waals surface area (Å²) < 4.78 is 7.43. The molecule has 0 atom stereocenters. The highest BCUT2D eigenvalue weighted by Crippen LogP contribution is 2.35. The molecule has 0 N–H and O–H groups in total. The molecule has 0 aliphatic rings. The molecule has 3 aromatic heterocycles. The molecule has 3 nitrogen and oxygen atoms in total. The van der Waals surface area contributed by atoms with Gasteiger partial charge >= 0.3 is 0 Å². The number of fused-ring (bicyclic) bond motifs is 9. The van der Waals surface area contributed by atoms with Gasteiger partial charge in [-0.25, -0.2) is 0 Å². The van der Waals surface area contributed by atoms with Crippen LogP contribution >= 0.6 is 15.9 Å². The molecule has 51 heavy (non-hydrogen) atoms. The van der Waals surface area contributed by atoms with E-state index in [1.807, 2.05) is 0 Å². The van der Waals surface area contributed by atoms with Crippen molar-refractivity contribution in [2.45, 2.75) is 31.3 Å². The second-order valence-corrected chi connectivity index (χ2v) is 14.3. The molecule has 246 valence electrons. The monoisotopic (exact) mass is 721 g/mol. The zero-order valence-electron chi connectivity index (χ0n) is 28.3. The Morgan fingerprint density at radius 3 is 1.12 bits per heavy atom. The Morgan fingerprint density at radius 2 is 0.725 bits per heavy atom. The van der Waals surface area contributed by atoms with Gasteiger partial charge in [-0.05, 0) is 90.2 Å². The van der Waals surface area contributed by atoms with Gasteiger partial charge in [-0.1, -0.05) is 113 Å². The summed E-state index contributed by atoms with van der Waals surface area (Å²) in [4.78, 5) is 0. The number of rotatable bonds is 8. The molecule has 10 rings (SSSR count). The normalized spacial score (nSPS) is 12.0. The Bertz CT molecular complexity index is 2620. The van der Waals surface area contributed by atoms with Crippen LogP contribution in [0.3, 0.4) is 0 Å². The fourth-order valence-electron chi connectivity index (χ4n) is 8.41. The van der Waals surface area contributed by atoms with E-state index in [9.17, 15) is 0 Å². The molecule has 0 radical (unpaired) electrons. The fourth-order valence-corrected chi connectivity index (χ4v) is 8.78. The van der Waals surface area contributed by atoms with Crippen LogP contribution in [0.5, 0.6) is 0 Å². The van der Waals surface area contributed by atoms with Gasteiger partial charge in [0.05, 0.1) is 11.0 Å². The van der Waals surface area contributed by atoms with Gasteiger partial charge in [0.25, 0.3) is 0 Å². The SMILES string of the molecule is BrCc1ccc(-n2c3ccc(CCn4c5ccccc5c5ccccc54)cc3c3cc(CCn4c5ccccc5c5ccccc54)ccc32)cc1. The minimum Gasteiger partial charge on any atom is -0.340 e. The maximum absolute atomic E-state index is 3.63. The lowest BCUT2D eigenvalue weighted by molar-refractivity contribution is 0.745. The number of hydrogen-bond acceptors (Lipinski definition) is 0. The number of aromatic nitrogens is 3. The topological polar surface area (TPSA) is 14.8 Å². The summed E-state index contributed by atoms with van der Waals surface area (Å²) in [7, 11) is 0. The van der Waals surface area contributed by atoms with Gasteiger partial charge in [-0.2, -0.15) is 0 Å². The second kappa shape index (κ2) is 12.3. The van der Waals surface area contributed by atoms with Crippen LogP contribution in [0.15, 0.2) is 158 Å². The van der Waals surface area contributed by atoms with E-state index in [0.717, 1.165) is 31.3 Å². The second-order valence-electron chi connectivity index (χ2n) is 13.7. The summed E-state index contributed by atoms with van der Waals surface area (Å²) in [5.74, 6) is 0. The fraction of sp³-hybridized carbons (Fsp3) is 0.106. The van der Waals surface area contributed by atoms with Gasteiger partial charge in [0.1, 0.15) is 0 Å². The van der Waals surface area contributed by atoms with Crippen LogP contribution in [-0.4, -0.2) is 13.7 Å². The Kier molecular flexibility index (Phi) is 7.31. The Balaban J connectivity index is 1.06. The first-order valence-corrected chi connectivity index (χ1v) is 19.0. The Labute approximate surface area is 305 Å². The third-order valence-corrected chi connectivity index (χ3v) is 11.5. The molecule has 3 heterocycles. The summed E-state index contributed by atoms with van der Waals surface area (Å²) in [6.45, 7) is 1.85. The van der Waals surface area contributed by atoms with Crippen molar-refractivity contribution >= 4 is 81.3 Å². The highest BCUT2D eigenvalue weighted by molar-refractivity contribution is 9.08. The number of para-hydroxylation sites is 4. The van der Waals surface area contributed by atoms with E-state index >= 15 is 0 Å². The van der Waals surface area contributed by atoms with Crippen LogP contribution in [0, 0.1) is 0 Å². The first kappa shape index (κ1) is 30.3. The quantitative estimate of drug-likeness (QED) is 0.139. The van der Waals surface area contributed by atoms with Gasteiger partial charge in [-0.3, -0.25) is 0 Å². The van der Waals surface area contributed by atoms with Crippen molar-refractivity contribution in [1.82, 2.24) is 13.7 Å². The Hall–Kier alpha value is -5.58. The predicted molar refractivity (Wildman–Crippen MR) is 220 cm³/mol. The van der Waals surface area contributed by atoms with E-state index in [1.165, 1.54) is 87.8 Å². The first-order chi connectivity index (χ1) is 25.2. The molecular formula is C47H36BrN3. The smallest absolute Gasteiger partial charge is 0.0541 e. The molecule has 0 saturated carbocycles. The van der Waals surface area contributed by atoms with E-state index in [0.29, 0.717) is 0 Å². The lowest BCUT2D eigenvalue weighted by atomic mass is 10.0. The van der Waals surface area contributed by atoms with Crippen LogP contribution in [0.4, 0.5) is 0 Å². The highest BCUT2D eigenvalue weighted by Gasteiger charge is 2.16. The molecule has 0 aliphatic heterocycles. The van der Waals surface area contributed by atoms with Gasteiger partial charge in [0, 0.05) is 78.5 Å². The van der Waals surface area contributed by atoms with Crippen LogP contribution in [0.2, 0.25) is 0 Å². The maximum atomic E-state index is 3.63. The van der Waals surface area contributed by atoms with E-state index in [-0.39, 0.29) is 0 Å². The summed E-state index contributed by atoms with van der Waals surface area (Å²) in [6.07, 6.45) is 1.91. The standard InChI is InChI=1S/C47H36BrN3/c48-31-34-17-21-35(22-18-34)51-46-23-19-32(25-27-49-42-13-5-1-9-36(42)37-10-2-6-14-43(37)49)29-40(46)41-30-33(20-24-47(41)51)26-28-50-44-15-7-3-11-38(44)39-12-4-8-16-45(39)50/h1-24,29-30H,25-28,31H2. The third kappa shape index (κ3) is 5.00. The maximum Gasteiger partial charge on any atom is 0.0541 e. The van der Waals surface area contributed by atoms with Crippen molar-refractivity contribution in [3.05, 3.63) is 174 Å². The number of benzene rings is 7. The largest absolute Gasteiger partial charge is 0.340 e. The van der Waals surface area contributed by atoms with E-state index in [1.54, 1.807) is 0 Å². The molecule has 4 heteroatoms. The van der Waals surface area contributed by atoms with Gasteiger partial charge in [-0.15, -0.1) is 0 Å². The summed E-state index contributed by atoms with van der Waals surface area (Å²) >= 11 is 3.63. The molecule has 0 amide bonds. The minimum atomic E-state index is 0.852. The average molecular weight is 723 g/mol. The lowest BCUT2D eigenvalue weighted by Gasteiger charge is -2.10. The predicted octanol–water partition coefficient (Wildman–Crippen LogP) is 12.4. The van der Waals surface area contributed by atoms with Crippen LogP contribution in [0.25, 0.3) is 71.1 Å². The number of alkyl halides is 1. The van der Waals surface area contributed by atoms with Crippen molar-refractivity contribution < 1.29 is 0 Å². The summed E-state index contributed by atoms with van der Waals surface area (Å²) in [5.41, 5.74) is 12.9. The Morgan fingerprint density at radius 1 is 0.353 bits per heavy atom. The zero-order chi connectivity index (χ0) is 33.9. The number of nitrogens with zero attached hydrogens (tertiary/aromatic N) is 3. The summed E-state index contributed by atoms with van der Waals surface area (Å²) in [6, 6.07) is 58.4. The molecule has 0 bridgehead atoms. The van der Waals surface area contributed by atoms with Gasteiger partial charge < -0.3 is 13.7 Å². The van der Waals surface area contributed by atoms with E-state index in [2.05, 4.69) is 187 Å².